The van der Waals surface area contributed by atoms with Gasteiger partial charge in [0.2, 0.25) is 11.8 Å². The number of ether oxygens (including phenoxy) is 1. The zero-order valence-corrected chi connectivity index (χ0v) is 18.4. The Hall–Kier alpha value is -3.06. The van der Waals surface area contributed by atoms with Gasteiger partial charge in [0.1, 0.15) is 5.75 Å². The van der Waals surface area contributed by atoms with Crippen molar-refractivity contribution in [2.24, 2.45) is 5.92 Å². The van der Waals surface area contributed by atoms with E-state index in [9.17, 15) is 14.4 Å². The van der Waals surface area contributed by atoms with Gasteiger partial charge < -0.3 is 19.9 Å². The van der Waals surface area contributed by atoms with E-state index >= 15 is 0 Å². The first-order valence-electron chi connectivity index (χ1n) is 10.1. The van der Waals surface area contributed by atoms with Crippen molar-refractivity contribution in [3.05, 3.63) is 59.1 Å². The van der Waals surface area contributed by atoms with Gasteiger partial charge in [-0.1, -0.05) is 11.6 Å². The Morgan fingerprint density at radius 1 is 1.06 bits per heavy atom. The summed E-state index contributed by atoms with van der Waals surface area (Å²) in [4.78, 5) is 40.9. The number of hydrogen-bond donors (Lipinski definition) is 1. The minimum atomic E-state index is -0.267. The summed E-state index contributed by atoms with van der Waals surface area (Å²) in [5.41, 5.74) is 1.22. The van der Waals surface area contributed by atoms with E-state index in [0.29, 0.717) is 48.0 Å². The number of methoxy groups -OCH3 is 1. The van der Waals surface area contributed by atoms with Crippen LogP contribution in [-0.2, 0) is 9.59 Å². The molecule has 3 rings (SSSR count). The number of carbonyl (C=O) groups excluding carboxylic acids is 3. The van der Waals surface area contributed by atoms with Crippen LogP contribution in [0.15, 0.2) is 48.5 Å². The molecule has 0 aromatic heterocycles. The van der Waals surface area contributed by atoms with Gasteiger partial charge in [-0.05, 0) is 61.4 Å². The molecule has 0 aliphatic carbocycles. The molecule has 0 saturated carbocycles. The van der Waals surface area contributed by atoms with Crippen molar-refractivity contribution in [3.63, 3.8) is 0 Å². The summed E-state index contributed by atoms with van der Waals surface area (Å²) in [6.07, 6.45) is 1.14. The number of amides is 3. The Kier molecular flexibility index (Phi) is 7.52. The number of nitrogens with zero attached hydrogens (tertiary/aromatic N) is 2. The van der Waals surface area contributed by atoms with Crippen LogP contribution in [0.3, 0.4) is 0 Å². The molecule has 2 aromatic rings. The lowest BCUT2D eigenvalue weighted by Gasteiger charge is -2.33. The summed E-state index contributed by atoms with van der Waals surface area (Å²) in [5, 5.41) is 3.36. The summed E-state index contributed by atoms with van der Waals surface area (Å²) in [6, 6.07) is 13.8. The lowest BCUT2D eigenvalue weighted by molar-refractivity contribution is -0.138. The molecule has 1 aliphatic rings. The van der Waals surface area contributed by atoms with Crippen LogP contribution in [0, 0.1) is 5.92 Å². The Labute approximate surface area is 186 Å². The van der Waals surface area contributed by atoms with E-state index in [2.05, 4.69) is 5.32 Å². The molecule has 8 heteroatoms. The maximum absolute atomic E-state index is 12.8. The lowest BCUT2D eigenvalue weighted by atomic mass is 9.95. The van der Waals surface area contributed by atoms with Gasteiger partial charge in [0, 0.05) is 42.3 Å². The van der Waals surface area contributed by atoms with E-state index < -0.39 is 0 Å². The third kappa shape index (κ3) is 5.98. The maximum Gasteiger partial charge on any atom is 0.253 e. The first kappa shape index (κ1) is 22.6. The highest BCUT2D eigenvalue weighted by Crippen LogP contribution is 2.22. The van der Waals surface area contributed by atoms with Crippen LogP contribution in [0.5, 0.6) is 5.75 Å². The van der Waals surface area contributed by atoms with Crippen molar-refractivity contribution in [2.75, 3.05) is 39.1 Å². The Bertz CT molecular complexity index is 923. The highest BCUT2D eigenvalue weighted by Gasteiger charge is 2.30. The van der Waals surface area contributed by atoms with Crippen molar-refractivity contribution >= 4 is 35.0 Å². The molecular weight excluding hydrogens is 418 g/mol. The van der Waals surface area contributed by atoms with Gasteiger partial charge in [-0.15, -0.1) is 0 Å². The van der Waals surface area contributed by atoms with Crippen molar-refractivity contribution in [1.82, 2.24) is 9.80 Å². The van der Waals surface area contributed by atoms with Gasteiger partial charge in [0.25, 0.3) is 5.91 Å². The Morgan fingerprint density at radius 3 is 2.26 bits per heavy atom. The smallest absolute Gasteiger partial charge is 0.253 e. The number of rotatable bonds is 6. The van der Waals surface area contributed by atoms with E-state index in [-0.39, 0.29) is 30.2 Å². The molecule has 164 valence electrons. The second-order valence-corrected chi connectivity index (χ2v) is 7.98. The van der Waals surface area contributed by atoms with E-state index in [4.69, 9.17) is 16.3 Å². The Balaban J connectivity index is 1.47. The molecule has 1 heterocycles. The van der Waals surface area contributed by atoms with Crippen molar-refractivity contribution in [2.45, 2.75) is 12.8 Å². The van der Waals surface area contributed by atoms with Crippen LogP contribution < -0.4 is 10.1 Å². The van der Waals surface area contributed by atoms with Gasteiger partial charge >= 0.3 is 0 Å². The minimum Gasteiger partial charge on any atom is -0.497 e. The van der Waals surface area contributed by atoms with Crippen LogP contribution in [-0.4, -0.2) is 61.3 Å². The van der Waals surface area contributed by atoms with Gasteiger partial charge in [-0.3, -0.25) is 14.4 Å². The third-order valence-electron chi connectivity index (χ3n) is 5.35. The number of likely N-dealkylation sites (N-methyl/N-ethyl adjacent to an activating group) is 1. The lowest BCUT2D eigenvalue weighted by Crippen LogP contribution is -2.45. The number of carbonyl (C=O) groups is 3. The van der Waals surface area contributed by atoms with E-state index in [1.165, 1.54) is 4.90 Å². The first-order valence-corrected chi connectivity index (χ1v) is 10.5. The molecule has 1 saturated heterocycles. The first-order chi connectivity index (χ1) is 14.9. The number of likely N-dealkylation sites (tertiary alicyclic amines) is 1. The molecule has 3 amide bonds. The van der Waals surface area contributed by atoms with Gasteiger partial charge in [0.15, 0.2) is 0 Å². The molecule has 1 N–H and O–H groups in total. The summed E-state index contributed by atoms with van der Waals surface area (Å²) in [6.45, 7) is 0.974. The van der Waals surface area contributed by atoms with Crippen molar-refractivity contribution < 1.29 is 19.1 Å². The summed E-state index contributed by atoms with van der Waals surface area (Å²) in [5.74, 6) is 0.0915. The molecule has 0 radical (unpaired) electrons. The molecule has 1 fully saturated rings. The van der Waals surface area contributed by atoms with Crippen LogP contribution in [0.2, 0.25) is 5.02 Å². The van der Waals surface area contributed by atoms with Gasteiger partial charge in [0.05, 0.1) is 13.7 Å². The zero-order valence-electron chi connectivity index (χ0n) is 17.6. The molecule has 2 aromatic carbocycles. The van der Waals surface area contributed by atoms with Crippen molar-refractivity contribution in [3.8, 4) is 5.75 Å². The summed E-state index contributed by atoms with van der Waals surface area (Å²) in [7, 11) is 3.20. The van der Waals surface area contributed by atoms with Gasteiger partial charge in [-0.2, -0.15) is 0 Å². The number of benzene rings is 2. The second kappa shape index (κ2) is 10.3. The predicted octanol–water partition coefficient (Wildman–Crippen LogP) is 3.30. The van der Waals surface area contributed by atoms with Crippen LogP contribution in [0.1, 0.15) is 23.2 Å². The van der Waals surface area contributed by atoms with E-state index in [0.717, 1.165) is 0 Å². The zero-order chi connectivity index (χ0) is 22.4. The number of piperidine rings is 1. The predicted molar refractivity (Wildman–Crippen MR) is 119 cm³/mol. The number of nitrogens with one attached hydrogen (secondary N) is 1. The minimum absolute atomic E-state index is 0.0330. The molecule has 31 heavy (non-hydrogen) atoms. The fourth-order valence-corrected chi connectivity index (χ4v) is 3.71. The van der Waals surface area contributed by atoms with Crippen LogP contribution in [0.25, 0.3) is 0 Å². The van der Waals surface area contributed by atoms with Crippen molar-refractivity contribution in [1.29, 1.82) is 0 Å². The highest BCUT2D eigenvalue weighted by molar-refractivity contribution is 6.30. The fourth-order valence-electron chi connectivity index (χ4n) is 3.58. The maximum atomic E-state index is 12.8. The van der Waals surface area contributed by atoms with Crippen LogP contribution in [0.4, 0.5) is 5.69 Å². The molecule has 1 aliphatic heterocycles. The standard InChI is InChI=1S/C23H26ClN3O4/c1-26(15-21(28)25-19-7-9-20(31-2)10-8-19)22(29)17-11-13-27(14-12-17)23(30)16-3-5-18(24)6-4-16/h3-10,17H,11-15H2,1-2H3,(H,25,28). The SMILES string of the molecule is COc1ccc(NC(=O)CN(C)C(=O)C2CCN(C(=O)c3ccc(Cl)cc3)CC2)cc1. The highest BCUT2D eigenvalue weighted by atomic mass is 35.5. The quantitative estimate of drug-likeness (QED) is 0.743. The topological polar surface area (TPSA) is 79.0 Å². The van der Waals surface area contributed by atoms with E-state index in [1.54, 1.807) is 67.6 Å². The molecule has 0 spiro atoms. The third-order valence-corrected chi connectivity index (χ3v) is 5.61. The van der Waals surface area contributed by atoms with E-state index in [1.807, 2.05) is 0 Å². The average Bonchev–Trinajstić information content (AvgIpc) is 2.79. The summed E-state index contributed by atoms with van der Waals surface area (Å²) >= 11 is 5.88. The molecule has 0 atom stereocenters. The molecule has 0 bridgehead atoms. The number of anilines is 1. The summed E-state index contributed by atoms with van der Waals surface area (Å²) < 4.78 is 5.09. The normalized spacial score (nSPS) is 14.1. The van der Waals surface area contributed by atoms with Crippen LogP contribution >= 0.6 is 11.6 Å². The molecular formula is C23H26ClN3O4. The second-order valence-electron chi connectivity index (χ2n) is 7.54. The monoisotopic (exact) mass is 443 g/mol. The van der Waals surface area contributed by atoms with Gasteiger partial charge in [-0.25, -0.2) is 0 Å². The number of hydrogen-bond acceptors (Lipinski definition) is 4. The Morgan fingerprint density at radius 2 is 1.68 bits per heavy atom. The number of halogens is 1. The largest absolute Gasteiger partial charge is 0.497 e. The molecule has 7 nitrogen and oxygen atoms in total. The molecule has 0 unspecified atom stereocenters. The fraction of sp³-hybridized carbons (Fsp3) is 0.348. The average molecular weight is 444 g/mol.